The molecule has 1 N–H and O–H groups in total. The van der Waals surface area contributed by atoms with Crippen molar-refractivity contribution in [1.82, 2.24) is 20.0 Å². The number of carbonyl (C=O) groups is 2. The molecule has 3 aliphatic rings. The van der Waals surface area contributed by atoms with E-state index in [1.807, 2.05) is 27.3 Å². The largest absolute Gasteiger partial charge is 0.379 e. The number of morpholine rings is 1. The molecule has 1 aromatic rings. The molecule has 1 aromatic heterocycles. The monoisotopic (exact) mass is 392 g/mol. The number of amides is 3. The highest BCUT2D eigenvalue weighted by Gasteiger charge is 2.51. The van der Waals surface area contributed by atoms with Crippen LogP contribution in [-0.4, -0.2) is 85.7 Å². The topological polar surface area (TPSA) is 65.1 Å². The highest BCUT2D eigenvalue weighted by molar-refractivity contribution is 7.09. The van der Waals surface area contributed by atoms with Crippen molar-refractivity contribution >= 4 is 23.3 Å². The van der Waals surface area contributed by atoms with E-state index < -0.39 is 0 Å². The number of hydrogen-bond donors (Lipinski definition) is 1. The molecule has 1 atom stereocenters. The molecular weight excluding hydrogens is 364 g/mol. The van der Waals surface area contributed by atoms with Gasteiger partial charge in [0.05, 0.1) is 25.2 Å². The number of ether oxygens (including phenoxy) is 1. The third-order valence-electron chi connectivity index (χ3n) is 6.03. The van der Waals surface area contributed by atoms with E-state index in [2.05, 4.69) is 10.2 Å². The molecule has 4 heterocycles. The van der Waals surface area contributed by atoms with Gasteiger partial charge in [0.2, 0.25) is 5.91 Å². The van der Waals surface area contributed by atoms with E-state index in [1.54, 1.807) is 11.3 Å². The lowest BCUT2D eigenvalue weighted by Gasteiger charge is -2.29. The fourth-order valence-corrected chi connectivity index (χ4v) is 4.95. The van der Waals surface area contributed by atoms with Crippen molar-refractivity contribution in [2.75, 3.05) is 59.0 Å². The highest BCUT2D eigenvalue weighted by atomic mass is 32.1. The Balaban J connectivity index is 1.26. The summed E-state index contributed by atoms with van der Waals surface area (Å²) in [7, 11) is 0. The van der Waals surface area contributed by atoms with Gasteiger partial charge < -0.3 is 19.9 Å². The van der Waals surface area contributed by atoms with Crippen LogP contribution in [0.5, 0.6) is 0 Å². The van der Waals surface area contributed by atoms with Crippen LogP contribution in [-0.2, 0) is 16.1 Å². The van der Waals surface area contributed by atoms with Gasteiger partial charge in [-0.05, 0) is 24.3 Å². The van der Waals surface area contributed by atoms with Crippen LogP contribution in [0.2, 0.25) is 0 Å². The number of urea groups is 1. The van der Waals surface area contributed by atoms with Gasteiger partial charge in [-0.25, -0.2) is 4.79 Å². The number of rotatable bonds is 5. The van der Waals surface area contributed by atoms with Crippen LogP contribution < -0.4 is 5.32 Å². The Morgan fingerprint density at radius 2 is 2.00 bits per heavy atom. The van der Waals surface area contributed by atoms with Crippen LogP contribution in [0.15, 0.2) is 17.5 Å². The zero-order valence-corrected chi connectivity index (χ0v) is 16.5. The summed E-state index contributed by atoms with van der Waals surface area (Å²) >= 11 is 1.64. The Bertz CT molecular complexity index is 662. The van der Waals surface area contributed by atoms with Crippen molar-refractivity contribution in [2.45, 2.75) is 19.4 Å². The molecule has 0 radical (unpaired) electrons. The zero-order chi connectivity index (χ0) is 18.7. The van der Waals surface area contributed by atoms with Crippen LogP contribution in [0.4, 0.5) is 4.79 Å². The fraction of sp³-hybridized carbons (Fsp3) is 0.684. The second kappa shape index (κ2) is 8.16. The van der Waals surface area contributed by atoms with Crippen molar-refractivity contribution in [1.29, 1.82) is 0 Å². The molecule has 0 saturated carbocycles. The number of nitrogens with one attached hydrogen (secondary N) is 1. The van der Waals surface area contributed by atoms with Crippen LogP contribution in [0, 0.1) is 5.41 Å². The first-order valence-electron chi connectivity index (χ1n) is 9.81. The van der Waals surface area contributed by atoms with Crippen LogP contribution in [0.25, 0.3) is 0 Å². The van der Waals surface area contributed by atoms with E-state index in [0.717, 1.165) is 63.7 Å². The minimum Gasteiger partial charge on any atom is -0.379 e. The lowest BCUT2D eigenvalue weighted by Crippen LogP contribution is -2.44. The van der Waals surface area contributed by atoms with Crippen LogP contribution in [0.1, 0.15) is 17.7 Å². The molecule has 0 aliphatic carbocycles. The number of likely N-dealkylation sites (tertiary alicyclic amines) is 2. The van der Waals surface area contributed by atoms with Gasteiger partial charge >= 0.3 is 6.03 Å². The van der Waals surface area contributed by atoms with Gasteiger partial charge in [0, 0.05) is 50.7 Å². The normalized spacial score (nSPS) is 26.3. The maximum absolute atomic E-state index is 13.0. The zero-order valence-electron chi connectivity index (χ0n) is 15.7. The van der Waals surface area contributed by atoms with Gasteiger partial charge in [-0.1, -0.05) is 6.07 Å². The predicted molar refractivity (Wildman–Crippen MR) is 104 cm³/mol. The summed E-state index contributed by atoms with van der Waals surface area (Å²) in [6.07, 6.45) is 1.65. The van der Waals surface area contributed by atoms with Gasteiger partial charge in [-0.2, -0.15) is 0 Å². The Labute approximate surface area is 164 Å². The molecule has 3 saturated heterocycles. The first-order valence-corrected chi connectivity index (χ1v) is 10.7. The third kappa shape index (κ3) is 4.12. The average Bonchev–Trinajstić information content (AvgIpc) is 3.43. The highest BCUT2D eigenvalue weighted by Crippen LogP contribution is 2.40. The Morgan fingerprint density at radius 1 is 1.19 bits per heavy atom. The predicted octanol–water partition coefficient (Wildman–Crippen LogP) is 1.21. The Morgan fingerprint density at radius 3 is 2.78 bits per heavy atom. The van der Waals surface area contributed by atoms with Crippen LogP contribution in [0.3, 0.4) is 0 Å². The minimum atomic E-state index is -0.356. The van der Waals surface area contributed by atoms with Gasteiger partial charge in [0.25, 0.3) is 0 Å². The number of hydrogen-bond acceptors (Lipinski definition) is 5. The molecule has 148 valence electrons. The quantitative estimate of drug-likeness (QED) is 0.818. The molecule has 0 aromatic carbocycles. The van der Waals surface area contributed by atoms with E-state index in [-0.39, 0.29) is 17.4 Å². The standard InChI is InChI=1S/C19H28N4O3S/c24-17-19(3-5-22(17)8-7-21-9-11-26-12-10-21)4-6-23(15-19)18(25)20-14-16-2-1-13-27-16/h1-2,13H,3-12,14-15H2,(H,20,25). The molecule has 0 bridgehead atoms. The second-order valence-electron chi connectivity index (χ2n) is 7.69. The van der Waals surface area contributed by atoms with E-state index in [9.17, 15) is 9.59 Å². The summed E-state index contributed by atoms with van der Waals surface area (Å²) in [5, 5.41) is 4.99. The van der Waals surface area contributed by atoms with Gasteiger partial charge in [-0.15, -0.1) is 11.3 Å². The van der Waals surface area contributed by atoms with Crippen molar-refractivity contribution < 1.29 is 14.3 Å². The summed E-state index contributed by atoms with van der Waals surface area (Å²) in [4.78, 5) is 32.8. The molecular formula is C19H28N4O3S. The summed E-state index contributed by atoms with van der Waals surface area (Å²) in [6, 6.07) is 3.95. The van der Waals surface area contributed by atoms with Gasteiger partial charge in [0.1, 0.15) is 0 Å². The van der Waals surface area contributed by atoms with E-state index >= 15 is 0 Å². The molecule has 1 unspecified atom stereocenters. The molecule has 3 aliphatic heterocycles. The van der Waals surface area contributed by atoms with Crippen molar-refractivity contribution in [2.24, 2.45) is 5.41 Å². The second-order valence-corrected chi connectivity index (χ2v) is 8.72. The molecule has 1 spiro atoms. The SMILES string of the molecule is O=C(NCc1cccs1)N1CCC2(CCN(CCN3CCOCC3)C2=O)C1. The molecule has 3 fully saturated rings. The first kappa shape index (κ1) is 18.7. The molecule has 8 heteroatoms. The molecule has 7 nitrogen and oxygen atoms in total. The van der Waals surface area contributed by atoms with Gasteiger partial charge in [-0.3, -0.25) is 9.69 Å². The number of thiophene rings is 1. The summed E-state index contributed by atoms with van der Waals surface area (Å²) < 4.78 is 5.38. The maximum Gasteiger partial charge on any atom is 0.317 e. The minimum absolute atomic E-state index is 0.0557. The average molecular weight is 393 g/mol. The van der Waals surface area contributed by atoms with Gasteiger partial charge in [0.15, 0.2) is 0 Å². The Hall–Kier alpha value is -1.64. The van der Waals surface area contributed by atoms with E-state index in [1.165, 1.54) is 0 Å². The summed E-state index contributed by atoms with van der Waals surface area (Å²) in [6.45, 7) is 7.75. The lowest BCUT2D eigenvalue weighted by atomic mass is 9.85. The van der Waals surface area contributed by atoms with Crippen molar-refractivity contribution in [3.05, 3.63) is 22.4 Å². The maximum atomic E-state index is 13.0. The van der Waals surface area contributed by atoms with Crippen LogP contribution >= 0.6 is 11.3 Å². The summed E-state index contributed by atoms with van der Waals surface area (Å²) in [5.41, 5.74) is -0.356. The third-order valence-corrected chi connectivity index (χ3v) is 6.90. The fourth-order valence-electron chi connectivity index (χ4n) is 4.31. The molecule has 27 heavy (non-hydrogen) atoms. The van der Waals surface area contributed by atoms with Crippen molar-refractivity contribution in [3.8, 4) is 0 Å². The number of carbonyl (C=O) groups excluding carboxylic acids is 2. The molecule has 4 rings (SSSR count). The Kier molecular flexibility index (Phi) is 5.66. The van der Waals surface area contributed by atoms with E-state index in [0.29, 0.717) is 19.6 Å². The van der Waals surface area contributed by atoms with Crippen molar-refractivity contribution in [3.63, 3.8) is 0 Å². The summed E-state index contributed by atoms with van der Waals surface area (Å²) in [5.74, 6) is 0.240. The van der Waals surface area contributed by atoms with E-state index in [4.69, 9.17) is 4.74 Å². The number of nitrogens with zero attached hydrogens (tertiary/aromatic N) is 3. The lowest BCUT2D eigenvalue weighted by molar-refractivity contribution is -0.135. The first-order chi connectivity index (χ1) is 13.2. The smallest absolute Gasteiger partial charge is 0.317 e. The molecule has 3 amide bonds.